The molecule has 1 aromatic heterocycles. The molecule has 1 aliphatic heterocycles. The molecule has 2 aromatic rings. The van der Waals surface area contributed by atoms with Crippen LogP contribution in [0.4, 0.5) is 5.69 Å². The Hall–Kier alpha value is -0.850. The van der Waals surface area contributed by atoms with Gasteiger partial charge in [0.15, 0.2) is 11.6 Å². The topological polar surface area (TPSA) is 47.3 Å². The Morgan fingerprint density at radius 1 is 1.43 bits per heavy atom. The van der Waals surface area contributed by atoms with Crippen LogP contribution < -0.4 is 15.7 Å². The minimum absolute atomic E-state index is 0.0630. The fourth-order valence-corrected chi connectivity index (χ4v) is 2.10. The number of rotatable bonds is 0. The third-order valence-corrected chi connectivity index (χ3v) is 2.61. The quantitative estimate of drug-likeness (QED) is 0.687. The highest BCUT2D eigenvalue weighted by Crippen LogP contribution is 2.36. The van der Waals surface area contributed by atoms with E-state index in [0.717, 1.165) is 22.5 Å². The number of benzene rings is 1. The van der Waals surface area contributed by atoms with Gasteiger partial charge in [-0.25, -0.2) is 4.98 Å². The molecule has 0 bridgehead atoms. The van der Waals surface area contributed by atoms with E-state index in [-0.39, 0.29) is 5.97 Å². The number of ether oxygens (including phenoxy) is 1. The van der Waals surface area contributed by atoms with Crippen molar-refractivity contribution in [3.05, 3.63) is 12.1 Å². The summed E-state index contributed by atoms with van der Waals surface area (Å²) in [4.78, 5) is 4.21. The Morgan fingerprint density at radius 3 is 3.14 bits per heavy atom. The molecule has 0 saturated heterocycles. The molecule has 6 heteroatoms. The van der Waals surface area contributed by atoms with Gasteiger partial charge in [0.2, 0.25) is 5.63 Å². The Morgan fingerprint density at radius 2 is 2.29 bits per heavy atom. The zero-order chi connectivity index (χ0) is 9.71. The van der Waals surface area contributed by atoms with Gasteiger partial charge in [0, 0.05) is 6.07 Å². The normalized spacial score (nSPS) is 19.1. The Kier molecular flexibility index (Phi) is 1.70. The highest BCUT2D eigenvalue weighted by atomic mass is 31.0. The van der Waals surface area contributed by atoms with Crippen LogP contribution in [0.15, 0.2) is 16.5 Å². The summed E-state index contributed by atoms with van der Waals surface area (Å²) < 4.78 is 10.8. The average molecular weight is 226 g/mol. The van der Waals surface area contributed by atoms with Crippen molar-refractivity contribution >= 4 is 40.9 Å². The standard InChI is InChI=1S/C8H8N2O2P2/c13-7-9-3-1-4-6(2-5(3)11-7)12-8(14)10-4/h1-2,7,9H,13-14H2. The number of nitrogens with one attached hydrogen (secondary N) is 1. The molecule has 0 spiro atoms. The van der Waals surface area contributed by atoms with Crippen molar-refractivity contribution in [2.75, 3.05) is 5.32 Å². The van der Waals surface area contributed by atoms with Gasteiger partial charge < -0.3 is 14.5 Å². The summed E-state index contributed by atoms with van der Waals surface area (Å²) >= 11 is 0. The molecule has 0 fully saturated rings. The van der Waals surface area contributed by atoms with Crippen LogP contribution in [0.3, 0.4) is 0 Å². The summed E-state index contributed by atoms with van der Waals surface area (Å²) in [5.74, 6) is 0.741. The van der Waals surface area contributed by atoms with Crippen LogP contribution in [0, 0.1) is 0 Å². The first-order valence-corrected chi connectivity index (χ1v) is 5.35. The van der Waals surface area contributed by atoms with Crippen molar-refractivity contribution in [3.63, 3.8) is 0 Å². The number of anilines is 1. The molecule has 1 aromatic carbocycles. The summed E-state index contributed by atoms with van der Waals surface area (Å²) in [5, 5.41) is 3.15. The van der Waals surface area contributed by atoms with Crippen molar-refractivity contribution in [1.82, 2.24) is 4.98 Å². The van der Waals surface area contributed by atoms with Gasteiger partial charge >= 0.3 is 0 Å². The fourth-order valence-electron chi connectivity index (χ4n) is 1.50. The Labute approximate surface area is 84.8 Å². The average Bonchev–Trinajstić information content (AvgIpc) is 2.59. The molecule has 3 atom stereocenters. The van der Waals surface area contributed by atoms with Crippen LogP contribution in [0.1, 0.15) is 0 Å². The van der Waals surface area contributed by atoms with Crippen molar-refractivity contribution in [2.45, 2.75) is 5.97 Å². The smallest absolute Gasteiger partial charge is 0.211 e. The molecule has 4 nitrogen and oxygen atoms in total. The van der Waals surface area contributed by atoms with Crippen LogP contribution in [-0.4, -0.2) is 11.0 Å². The number of oxazole rings is 1. The molecule has 3 rings (SSSR count). The van der Waals surface area contributed by atoms with E-state index in [0.29, 0.717) is 5.63 Å². The van der Waals surface area contributed by atoms with E-state index in [1.165, 1.54) is 0 Å². The summed E-state index contributed by atoms with van der Waals surface area (Å²) in [5.41, 5.74) is 3.13. The Bertz CT molecular complexity index is 468. The monoisotopic (exact) mass is 226 g/mol. The van der Waals surface area contributed by atoms with Crippen molar-refractivity contribution in [2.24, 2.45) is 0 Å². The highest BCUT2D eigenvalue weighted by Gasteiger charge is 2.19. The molecule has 2 heterocycles. The predicted molar refractivity (Wildman–Crippen MR) is 61.1 cm³/mol. The number of nitrogens with zero attached hydrogens (tertiary/aromatic N) is 1. The maximum absolute atomic E-state index is 5.48. The third kappa shape index (κ3) is 1.18. The van der Waals surface area contributed by atoms with Gasteiger partial charge in [-0.1, -0.05) is 9.24 Å². The SMILES string of the molecule is Pc1nc2cc3c(cc2o1)OC(P)N3. The highest BCUT2D eigenvalue weighted by molar-refractivity contribution is 7.26. The van der Waals surface area contributed by atoms with Crippen molar-refractivity contribution in [3.8, 4) is 5.75 Å². The van der Waals surface area contributed by atoms with Gasteiger partial charge in [-0.05, 0) is 15.3 Å². The van der Waals surface area contributed by atoms with E-state index in [1.54, 1.807) is 0 Å². The first-order valence-electron chi connectivity index (χ1n) is 4.11. The molecular weight excluding hydrogens is 218 g/mol. The van der Waals surface area contributed by atoms with Crippen LogP contribution >= 0.6 is 18.5 Å². The molecule has 0 radical (unpaired) electrons. The summed E-state index contributed by atoms with van der Waals surface area (Å²) in [6, 6.07) is 3.77. The minimum Gasteiger partial charge on any atom is -0.465 e. The van der Waals surface area contributed by atoms with Gasteiger partial charge in [0.05, 0.1) is 5.69 Å². The molecule has 0 aliphatic carbocycles. The van der Waals surface area contributed by atoms with Crippen LogP contribution in [0.5, 0.6) is 5.75 Å². The van der Waals surface area contributed by atoms with Gasteiger partial charge in [-0.3, -0.25) is 0 Å². The minimum atomic E-state index is -0.0630. The van der Waals surface area contributed by atoms with E-state index in [9.17, 15) is 0 Å². The van der Waals surface area contributed by atoms with E-state index < -0.39 is 0 Å². The molecule has 1 aliphatic rings. The molecule has 14 heavy (non-hydrogen) atoms. The number of fused-ring (bicyclic) bond motifs is 2. The number of aromatic nitrogens is 1. The van der Waals surface area contributed by atoms with Crippen molar-refractivity contribution < 1.29 is 9.15 Å². The van der Waals surface area contributed by atoms with Crippen LogP contribution in [-0.2, 0) is 0 Å². The molecule has 1 N–H and O–H groups in total. The summed E-state index contributed by atoms with van der Waals surface area (Å²) in [6.45, 7) is 0. The molecule has 72 valence electrons. The van der Waals surface area contributed by atoms with E-state index in [2.05, 4.69) is 28.8 Å². The second kappa shape index (κ2) is 2.82. The fraction of sp³-hybridized carbons (Fsp3) is 0.125. The number of hydrogen-bond donors (Lipinski definition) is 1. The maximum atomic E-state index is 5.48. The van der Waals surface area contributed by atoms with Gasteiger partial charge in [0.25, 0.3) is 0 Å². The Balaban J connectivity index is 2.25. The first kappa shape index (κ1) is 8.46. The lowest BCUT2D eigenvalue weighted by Gasteiger charge is -2.00. The molecular formula is C8H8N2O2P2. The van der Waals surface area contributed by atoms with E-state index >= 15 is 0 Å². The lowest BCUT2D eigenvalue weighted by atomic mass is 10.2. The summed E-state index contributed by atoms with van der Waals surface area (Å²) in [7, 11) is 4.99. The van der Waals surface area contributed by atoms with E-state index in [1.807, 2.05) is 12.1 Å². The number of hydrogen-bond acceptors (Lipinski definition) is 4. The van der Waals surface area contributed by atoms with E-state index in [4.69, 9.17) is 9.15 Å². The van der Waals surface area contributed by atoms with Gasteiger partial charge in [-0.2, -0.15) is 0 Å². The van der Waals surface area contributed by atoms with Crippen LogP contribution in [0.2, 0.25) is 0 Å². The zero-order valence-electron chi connectivity index (χ0n) is 7.15. The molecule has 0 saturated carbocycles. The second-order valence-electron chi connectivity index (χ2n) is 3.05. The largest absolute Gasteiger partial charge is 0.465 e. The zero-order valence-corrected chi connectivity index (χ0v) is 9.46. The third-order valence-electron chi connectivity index (χ3n) is 2.06. The molecule has 3 unspecified atom stereocenters. The van der Waals surface area contributed by atoms with Gasteiger partial charge in [-0.15, -0.1) is 0 Å². The van der Waals surface area contributed by atoms with Gasteiger partial charge in [0.1, 0.15) is 11.3 Å². The summed E-state index contributed by atoms with van der Waals surface area (Å²) in [6.07, 6.45) is 0. The lowest BCUT2D eigenvalue weighted by molar-refractivity contribution is 0.340. The van der Waals surface area contributed by atoms with Crippen molar-refractivity contribution in [1.29, 1.82) is 0 Å². The van der Waals surface area contributed by atoms with Crippen LogP contribution in [0.25, 0.3) is 11.1 Å². The molecule has 0 amide bonds. The lowest BCUT2D eigenvalue weighted by Crippen LogP contribution is -2.09. The predicted octanol–water partition coefficient (Wildman–Crippen LogP) is 1.29. The first-order chi connectivity index (χ1) is 6.72. The maximum Gasteiger partial charge on any atom is 0.211 e. The second-order valence-corrected chi connectivity index (χ2v) is 4.15.